The minimum absolute atomic E-state index is 0.0730. The quantitative estimate of drug-likeness (QED) is 0.830. The van der Waals surface area contributed by atoms with Crippen LogP contribution in [0.4, 0.5) is 0 Å². The first-order valence-electron chi connectivity index (χ1n) is 7.00. The van der Waals surface area contributed by atoms with Crippen molar-refractivity contribution < 1.29 is 8.42 Å². The van der Waals surface area contributed by atoms with Gasteiger partial charge in [0, 0.05) is 11.4 Å². The molecule has 1 saturated carbocycles. The van der Waals surface area contributed by atoms with E-state index in [0.29, 0.717) is 10.3 Å². The number of hydrogen-bond acceptors (Lipinski definition) is 2. The van der Waals surface area contributed by atoms with E-state index in [-0.39, 0.29) is 6.04 Å². The van der Waals surface area contributed by atoms with E-state index in [1.165, 1.54) is 0 Å². The molecular formula is C15H22BrNO2S. The Balaban J connectivity index is 2.04. The molecule has 0 heterocycles. The van der Waals surface area contributed by atoms with Crippen LogP contribution in [0.5, 0.6) is 0 Å². The van der Waals surface area contributed by atoms with Gasteiger partial charge >= 0.3 is 0 Å². The summed E-state index contributed by atoms with van der Waals surface area (Å²) in [7, 11) is -3.39. The Hall–Kier alpha value is -0.390. The fourth-order valence-corrected chi connectivity index (χ4v) is 4.24. The van der Waals surface area contributed by atoms with Gasteiger partial charge in [0.05, 0.1) is 4.90 Å². The molecule has 0 bridgehead atoms. The van der Waals surface area contributed by atoms with Crippen molar-refractivity contribution in [2.45, 2.75) is 55.8 Å². The molecule has 0 atom stereocenters. The highest BCUT2D eigenvalue weighted by molar-refractivity contribution is 9.08. The van der Waals surface area contributed by atoms with Gasteiger partial charge in [0.2, 0.25) is 10.0 Å². The smallest absolute Gasteiger partial charge is 0.208 e. The molecule has 1 aromatic carbocycles. The van der Waals surface area contributed by atoms with Gasteiger partial charge in [-0.05, 0) is 48.8 Å². The Bertz CT molecular complexity index is 542. The van der Waals surface area contributed by atoms with Crippen LogP contribution in [-0.2, 0) is 15.4 Å². The van der Waals surface area contributed by atoms with Gasteiger partial charge in [-0.2, -0.15) is 0 Å². The summed E-state index contributed by atoms with van der Waals surface area (Å²) in [6, 6.07) is 7.10. The van der Waals surface area contributed by atoms with Crippen molar-refractivity contribution in [2.24, 2.45) is 5.41 Å². The van der Waals surface area contributed by atoms with Crippen molar-refractivity contribution in [1.82, 2.24) is 4.72 Å². The highest BCUT2D eigenvalue weighted by Gasteiger charge is 2.29. The zero-order valence-electron chi connectivity index (χ0n) is 12.0. The fraction of sp³-hybridized carbons (Fsp3) is 0.600. The van der Waals surface area contributed by atoms with E-state index < -0.39 is 10.0 Å². The third-order valence-electron chi connectivity index (χ3n) is 4.05. The Labute approximate surface area is 130 Å². The average molecular weight is 360 g/mol. The summed E-state index contributed by atoms with van der Waals surface area (Å²) >= 11 is 3.36. The van der Waals surface area contributed by atoms with Gasteiger partial charge in [0.1, 0.15) is 0 Å². The van der Waals surface area contributed by atoms with E-state index in [1.54, 1.807) is 12.1 Å². The number of benzene rings is 1. The van der Waals surface area contributed by atoms with Gasteiger partial charge < -0.3 is 0 Å². The summed E-state index contributed by atoms with van der Waals surface area (Å²) < 4.78 is 27.5. The second kappa shape index (κ2) is 6.16. The molecule has 112 valence electrons. The van der Waals surface area contributed by atoms with E-state index in [2.05, 4.69) is 34.5 Å². The molecule has 0 unspecified atom stereocenters. The van der Waals surface area contributed by atoms with E-state index in [0.717, 1.165) is 36.6 Å². The molecule has 0 aliphatic heterocycles. The molecule has 2 rings (SSSR count). The molecule has 0 saturated heterocycles. The summed E-state index contributed by atoms with van der Waals surface area (Å²) in [5.41, 5.74) is 1.42. The van der Waals surface area contributed by atoms with Crippen LogP contribution in [0.15, 0.2) is 29.2 Å². The van der Waals surface area contributed by atoms with Gasteiger partial charge in [-0.25, -0.2) is 13.1 Å². The maximum Gasteiger partial charge on any atom is 0.240 e. The first-order valence-corrected chi connectivity index (χ1v) is 9.60. The SMILES string of the molecule is CC1(C)CCC(NS(=O)(=O)c2ccc(CBr)cc2)CC1. The van der Waals surface area contributed by atoms with Crippen LogP contribution in [-0.4, -0.2) is 14.5 Å². The molecule has 0 aromatic heterocycles. The standard InChI is InChI=1S/C15H22BrNO2S/c1-15(2)9-7-13(8-10-15)17-20(18,19)14-5-3-12(11-16)4-6-14/h3-6,13,17H,7-11H2,1-2H3. The molecule has 20 heavy (non-hydrogen) atoms. The molecule has 1 aliphatic rings. The maximum absolute atomic E-state index is 12.3. The molecule has 0 amide bonds. The molecule has 1 aliphatic carbocycles. The van der Waals surface area contributed by atoms with Crippen LogP contribution >= 0.6 is 15.9 Å². The fourth-order valence-electron chi connectivity index (χ4n) is 2.56. The van der Waals surface area contributed by atoms with Gasteiger partial charge in [-0.15, -0.1) is 0 Å². The lowest BCUT2D eigenvalue weighted by atomic mass is 9.76. The van der Waals surface area contributed by atoms with E-state index in [4.69, 9.17) is 0 Å². The van der Waals surface area contributed by atoms with Crippen molar-refractivity contribution >= 4 is 26.0 Å². The number of hydrogen-bond donors (Lipinski definition) is 1. The van der Waals surface area contributed by atoms with Crippen LogP contribution in [0.1, 0.15) is 45.1 Å². The Morgan fingerprint density at radius 3 is 2.25 bits per heavy atom. The van der Waals surface area contributed by atoms with Gasteiger partial charge in [-0.3, -0.25) is 0 Å². The van der Waals surface area contributed by atoms with Gasteiger partial charge in [0.15, 0.2) is 0 Å². The molecule has 3 nitrogen and oxygen atoms in total. The summed E-state index contributed by atoms with van der Waals surface area (Å²) in [4.78, 5) is 0.354. The average Bonchev–Trinajstić information content (AvgIpc) is 2.41. The van der Waals surface area contributed by atoms with E-state index >= 15 is 0 Å². The van der Waals surface area contributed by atoms with Crippen molar-refractivity contribution in [2.75, 3.05) is 0 Å². The number of sulfonamides is 1. The summed E-state index contributed by atoms with van der Waals surface area (Å²) in [6.45, 7) is 4.49. The van der Waals surface area contributed by atoms with Crippen LogP contribution in [0.25, 0.3) is 0 Å². The molecule has 5 heteroatoms. The normalized spacial score (nSPS) is 19.9. The molecule has 1 N–H and O–H groups in total. The number of rotatable bonds is 4. The number of alkyl halides is 1. The zero-order chi connectivity index (χ0) is 14.8. The van der Waals surface area contributed by atoms with Gasteiger partial charge in [-0.1, -0.05) is 41.9 Å². The summed E-state index contributed by atoms with van der Waals surface area (Å²) in [5.74, 6) is 0. The van der Waals surface area contributed by atoms with Crippen LogP contribution in [0.2, 0.25) is 0 Å². The number of halogens is 1. The second-order valence-electron chi connectivity index (χ2n) is 6.34. The lowest BCUT2D eigenvalue weighted by molar-refractivity contribution is 0.218. The first-order chi connectivity index (χ1) is 9.32. The predicted molar refractivity (Wildman–Crippen MR) is 85.4 cm³/mol. The third kappa shape index (κ3) is 4.06. The van der Waals surface area contributed by atoms with Crippen LogP contribution in [0.3, 0.4) is 0 Å². The lowest BCUT2D eigenvalue weighted by Gasteiger charge is -2.34. The monoisotopic (exact) mass is 359 g/mol. The van der Waals surface area contributed by atoms with Crippen LogP contribution in [0, 0.1) is 5.41 Å². The third-order valence-corrected chi connectivity index (χ3v) is 6.23. The Kier molecular flexibility index (Phi) is 4.92. The van der Waals surface area contributed by atoms with Crippen LogP contribution < -0.4 is 4.72 Å². The summed E-state index contributed by atoms with van der Waals surface area (Å²) in [5, 5.41) is 0.735. The first kappa shape index (κ1) is 16.0. The molecule has 1 aromatic rings. The zero-order valence-corrected chi connectivity index (χ0v) is 14.4. The lowest BCUT2D eigenvalue weighted by Crippen LogP contribution is -2.39. The minimum atomic E-state index is -3.39. The number of nitrogens with one attached hydrogen (secondary N) is 1. The van der Waals surface area contributed by atoms with Crippen molar-refractivity contribution in [3.05, 3.63) is 29.8 Å². The van der Waals surface area contributed by atoms with Crippen molar-refractivity contribution in [1.29, 1.82) is 0 Å². The minimum Gasteiger partial charge on any atom is -0.208 e. The highest BCUT2D eigenvalue weighted by atomic mass is 79.9. The van der Waals surface area contributed by atoms with E-state index in [9.17, 15) is 8.42 Å². The Morgan fingerprint density at radius 1 is 1.20 bits per heavy atom. The van der Waals surface area contributed by atoms with Crippen molar-refractivity contribution in [3.63, 3.8) is 0 Å². The summed E-state index contributed by atoms with van der Waals surface area (Å²) in [6.07, 6.45) is 3.99. The van der Waals surface area contributed by atoms with E-state index in [1.807, 2.05) is 12.1 Å². The highest BCUT2D eigenvalue weighted by Crippen LogP contribution is 2.35. The molecule has 0 radical (unpaired) electrons. The largest absolute Gasteiger partial charge is 0.240 e. The molecular weight excluding hydrogens is 338 g/mol. The topological polar surface area (TPSA) is 46.2 Å². The predicted octanol–water partition coefficient (Wildman–Crippen LogP) is 3.83. The molecule has 0 spiro atoms. The second-order valence-corrected chi connectivity index (χ2v) is 8.61. The maximum atomic E-state index is 12.3. The van der Waals surface area contributed by atoms with Crippen molar-refractivity contribution in [3.8, 4) is 0 Å². The molecule has 1 fully saturated rings. The Morgan fingerprint density at radius 2 is 1.75 bits per heavy atom. The van der Waals surface area contributed by atoms with Gasteiger partial charge in [0.25, 0.3) is 0 Å².